The molecule has 0 amide bonds. The molecule has 0 saturated heterocycles. The Labute approximate surface area is 172 Å². The first-order valence-electron chi connectivity index (χ1n) is 7.92. The highest BCUT2D eigenvalue weighted by molar-refractivity contribution is 7.93. The third kappa shape index (κ3) is 6.02. The fraction of sp³-hybridized carbons (Fsp3) is 0.235. The average Bonchev–Trinajstić information content (AvgIpc) is 2.61. The molecule has 0 saturated carbocycles. The molecule has 0 radical (unpaired) electrons. The number of hydrogen-bond acceptors (Lipinski definition) is 4. The molecule has 2 rings (SSSR count). The standard InChI is InChI=1S/C17H13ClF6N2O3S/c1-10(25-29-9-11-2-4-12(5-3-11)16(19,20)21)14-8-13(18)6-7-15(14)26-30(27,28)17(22,23)24/h2-8,26H,9H2,1H3/b25-10+. The summed E-state index contributed by atoms with van der Waals surface area (Å²) in [7, 11) is -5.68. The molecular formula is C17H13ClF6N2O3S. The number of sulfonamides is 1. The van der Waals surface area contributed by atoms with Crippen LogP contribution in [0.4, 0.5) is 32.0 Å². The van der Waals surface area contributed by atoms with Gasteiger partial charge in [-0.3, -0.25) is 4.72 Å². The van der Waals surface area contributed by atoms with Crippen LogP contribution in [0.1, 0.15) is 23.6 Å². The third-order valence-corrected chi connectivity index (χ3v) is 4.97. The predicted molar refractivity (Wildman–Crippen MR) is 98.5 cm³/mol. The molecule has 2 aromatic rings. The van der Waals surface area contributed by atoms with Gasteiger partial charge in [0.15, 0.2) is 0 Å². The number of anilines is 1. The van der Waals surface area contributed by atoms with Gasteiger partial charge in [0.2, 0.25) is 0 Å². The molecule has 5 nitrogen and oxygen atoms in total. The Hall–Kier alpha value is -2.47. The summed E-state index contributed by atoms with van der Waals surface area (Å²) in [5, 5.41) is 3.77. The SMILES string of the molecule is C/C(=N\OCc1ccc(C(F)(F)F)cc1)c1cc(Cl)ccc1NS(=O)(=O)C(F)(F)F. The number of halogens is 7. The number of benzene rings is 2. The molecule has 13 heteroatoms. The molecular weight excluding hydrogens is 462 g/mol. The second-order valence-electron chi connectivity index (χ2n) is 5.89. The van der Waals surface area contributed by atoms with Crippen LogP contribution < -0.4 is 4.72 Å². The van der Waals surface area contributed by atoms with Crippen molar-refractivity contribution in [3.8, 4) is 0 Å². The molecule has 0 aliphatic carbocycles. The van der Waals surface area contributed by atoms with Crippen LogP contribution in [0, 0.1) is 0 Å². The summed E-state index contributed by atoms with van der Waals surface area (Å²) < 4.78 is 99.6. The minimum atomic E-state index is -5.68. The van der Waals surface area contributed by atoms with Crippen LogP contribution in [0.2, 0.25) is 5.02 Å². The summed E-state index contributed by atoms with van der Waals surface area (Å²) in [5.41, 5.74) is -6.56. The topological polar surface area (TPSA) is 67.8 Å². The Morgan fingerprint density at radius 2 is 1.67 bits per heavy atom. The molecule has 1 N–H and O–H groups in total. The fourth-order valence-electron chi connectivity index (χ4n) is 2.15. The van der Waals surface area contributed by atoms with Crippen LogP contribution in [-0.2, 0) is 27.6 Å². The van der Waals surface area contributed by atoms with E-state index in [2.05, 4.69) is 5.16 Å². The lowest BCUT2D eigenvalue weighted by Gasteiger charge is -2.14. The van der Waals surface area contributed by atoms with E-state index in [4.69, 9.17) is 16.4 Å². The van der Waals surface area contributed by atoms with Gasteiger partial charge in [0.05, 0.1) is 17.0 Å². The number of nitrogens with zero attached hydrogens (tertiary/aromatic N) is 1. The highest BCUT2D eigenvalue weighted by atomic mass is 35.5. The van der Waals surface area contributed by atoms with Crippen LogP contribution in [0.5, 0.6) is 0 Å². The van der Waals surface area contributed by atoms with Gasteiger partial charge in [-0.25, -0.2) is 0 Å². The fourth-order valence-corrected chi connectivity index (χ4v) is 2.91. The largest absolute Gasteiger partial charge is 0.516 e. The van der Waals surface area contributed by atoms with Crippen molar-refractivity contribution in [2.45, 2.75) is 25.2 Å². The van der Waals surface area contributed by atoms with E-state index in [0.29, 0.717) is 5.56 Å². The quantitative estimate of drug-likeness (QED) is 0.338. The van der Waals surface area contributed by atoms with Crippen LogP contribution in [-0.4, -0.2) is 19.6 Å². The number of rotatable bonds is 6. The number of alkyl halides is 6. The lowest BCUT2D eigenvalue weighted by Crippen LogP contribution is -2.30. The summed E-state index contributed by atoms with van der Waals surface area (Å²) in [6.07, 6.45) is -4.49. The lowest BCUT2D eigenvalue weighted by molar-refractivity contribution is -0.137. The summed E-state index contributed by atoms with van der Waals surface area (Å²) in [6, 6.07) is 7.44. The van der Waals surface area contributed by atoms with Crippen LogP contribution in [0.25, 0.3) is 0 Å². The van der Waals surface area contributed by atoms with Crippen molar-refractivity contribution >= 4 is 33.0 Å². The second kappa shape index (κ2) is 8.72. The first-order chi connectivity index (χ1) is 13.7. The van der Waals surface area contributed by atoms with Gasteiger partial charge >= 0.3 is 21.7 Å². The Bertz CT molecular complexity index is 1030. The van der Waals surface area contributed by atoms with E-state index in [1.54, 1.807) is 0 Å². The first-order valence-corrected chi connectivity index (χ1v) is 9.78. The molecule has 0 aromatic heterocycles. The molecule has 30 heavy (non-hydrogen) atoms. The molecule has 0 aliphatic rings. The average molecular weight is 475 g/mol. The Morgan fingerprint density at radius 3 is 2.20 bits per heavy atom. The van der Waals surface area contributed by atoms with Crippen molar-refractivity contribution in [1.29, 1.82) is 0 Å². The normalized spacial score (nSPS) is 13.3. The smallest absolute Gasteiger partial charge is 0.391 e. The van der Waals surface area contributed by atoms with Crippen molar-refractivity contribution in [3.63, 3.8) is 0 Å². The number of oxime groups is 1. The summed E-state index contributed by atoms with van der Waals surface area (Å²) in [5.74, 6) is 0. The summed E-state index contributed by atoms with van der Waals surface area (Å²) >= 11 is 5.82. The van der Waals surface area contributed by atoms with Gasteiger partial charge in [-0.05, 0) is 42.8 Å². The molecule has 0 fully saturated rings. The van der Waals surface area contributed by atoms with E-state index in [1.165, 1.54) is 35.9 Å². The zero-order chi connectivity index (χ0) is 22.7. The van der Waals surface area contributed by atoms with Gasteiger partial charge < -0.3 is 4.84 Å². The predicted octanol–water partition coefficient (Wildman–Crippen LogP) is 5.56. The first kappa shape index (κ1) is 23.8. The van der Waals surface area contributed by atoms with Gasteiger partial charge in [0, 0.05) is 10.6 Å². The molecule has 0 heterocycles. The molecule has 0 atom stereocenters. The molecule has 164 valence electrons. The number of nitrogens with one attached hydrogen (secondary N) is 1. The van der Waals surface area contributed by atoms with E-state index in [0.717, 1.165) is 18.2 Å². The highest BCUT2D eigenvalue weighted by Crippen LogP contribution is 2.30. The van der Waals surface area contributed by atoms with E-state index in [9.17, 15) is 34.8 Å². The molecule has 0 unspecified atom stereocenters. The Balaban J connectivity index is 2.19. The molecule has 0 bridgehead atoms. The van der Waals surface area contributed by atoms with Crippen LogP contribution in [0.15, 0.2) is 47.6 Å². The minimum absolute atomic E-state index is 0.0238. The van der Waals surface area contributed by atoms with Crippen LogP contribution >= 0.6 is 11.6 Å². The van der Waals surface area contributed by atoms with E-state index in [-0.39, 0.29) is 22.9 Å². The van der Waals surface area contributed by atoms with Gasteiger partial charge in [-0.1, -0.05) is 28.9 Å². The van der Waals surface area contributed by atoms with Crippen molar-refractivity contribution in [2.24, 2.45) is 5.16 Å². The minimum Gasteiger partial charge on any atom is -0.391 e. The van der Waals surface area contributed by atoms with Crippen molar-refractivity contribution in [2.75, 3.05) is 4.72 Å². The maximum Gasteiger partial charge on any atom is 0.516 e. The van der Waals surface area contributed by atoms with Crippen molar-refractivity contribution < 1.29 is 39.6 Å². The lowest BCUT2D eigenvalue weighted by atomic mass is 10.1. The molecule has 0 aliphatic heterocycles. The Morgan fingerprint density at radius 1 is 1.07 bits per heavy atom. The third-order valence-electron chi connectivity index (χ3n) is 3.63. The van der Waals surface area contributed by atoms with Crippen LogP contribution in [0.3, 0.4) is 0 Å². The maximum atomic E-state index is 12.6. The second-order valence-corrected chi connectivity index (χ2v) is 8.00. The van der Waals surface area contributed by atoms with Gasteiger partial charge in [-0.2, -0.15) is 34.8 Å². The van der Waals surface area contributed by atoms with E-state index in [1.807, 2.05) is 0 Å². The number of hydrogen-bond donors (Lipinski definition) is 1. The molecule has 0 spiro atoms. The molecule has 2 aromatic carbocycles. The van der Waals surface area contributed by atoms with Crippen molar-refractivity contribution in [3.05, 3.63) is 64.2 Å². The van der Waals surface area contributed by atoms with Gasteiger partial charge in [0.1, 0.15) is 6.61 Å². The van der Waals surface area contributed by atoms with E-state index < -0.39 is 33.0 Å². The zero-order valence-corrected chi connectivity index (χ0v) is 16.5. The van der Waals surface area contributed by atoms with E-state index >= 15 is 0 Å². The monoisotopic (exact) mass is 474 g/mol. The van der Waals surface area contributed by atoms with Crippen molar-refractivity contribution in [1.82, 2.24) is 0 Å². The summed E-state index contributed by atoms with van der Waals surface area (Å²) in [6.45, 7) is 1.09. The van der Waals surface area contributed by atoms with Gasteiger partial charge in [-0.15, -0.1) is 0 Å². The Kier molecular flexibility index (Phi) is 6.92. The summed E-state index contributed by atoms with van der Waals surface area (Å²) in [4.78, 5) is 5.02. The highest BCUT2D eigenvalue weighted by Gasteiger charge is 2.46. The zero-order valence-electron chi connectivity index (χ0n) is 15.0. The maximum absolute atomic E-state index is 12.6. The van der Waals surface area contributed by atoms with Gasteiger partial charge in [0.25, 0.3) is 0 Å².